The Labute approximate surface area is 158 Å². The highest BCUT2D eigenvalue weighted by Gasteiger charge is 2.39. The fourth-order valence-electron chi connectivity index (χ4n) is 2.66. The van der Waals surface area contributed by atoms with Gasteiger partial charge in [0.2, 0.25) is 0 Å². The van der Waals surface area contributed by atoms with Gasteiger partial charge in [-0.05, 0) is 30.7 Å². The Morgan fingerprint density at radius 3 is 2.63 bits per heavy atom. The van der Waals surface area contributed by atoms with Gasteiger partial charge in [0.1, 0.15) is 11.4 Å². The monoisotopic (exact) mass is 394 g/mol. The fourth-order valence-corrected chi connectivity index (χ4v) is 3.66. The maximum Gasteiger partial charge on any atom is 0.414 e. The van der Waals surface area contributed by atoms with Crippen molar-refractivity contribution < 1.29 is 28.0 Å². The number of benzene rings is 1. The number of hydroxylamine groups is 1. The number of ether oxygens (including phenoxy) is 1. The molecule has 2 amide bonds. The Kier molecular flexibility index (Phi) is 6.82. The number of hydrogen-bond donors (Lipinski definition) is 2. The van der Waals surface area contributed by atoms with Crippen molar-refractivity contribution in [1.82, 2.24) is 5.48 Å². The van der Waals surface area contributed by atoms with E-state index in [9.17, 15) is 18.0 Å². The lowest BCUT2D eigenvalue weighted by Crippen LogP contribution is -2.40. The van der Waals surface area contributed by atoms with Gasteiger partial charge in [0.15, 0.2) is 9.84 Å². The van der Waals surface area contributed by atoms with Crippen LogP contribution < -0.4 is 10.4 Å². The standard InChI is InChI=1S/C18H22N2O6S/c1-3-4-5-6-13-7-9-14(10-8-13)20-12-15(26-18(20)22)11-16(17(21)19-23)27(2,24)25/h7-10,15-16,23H,3-4,11-12H2,1-2H3,(H,19,21)/t15-,16?/m0/s1. The van der Waals surface area contributed by atoms with Crippen molar-refractivity contribution >= 4 is 27.5 Å². The highest BCUT2D eigenvalue weighted by atomic mass is 32.2. The smallest absolute Gasteiger partial charge is 0.414 e. The van der Waals surface area contributed by atoms with Crippen molar-refractivity contribution in [3.63, 3.8) is 0 Å². The predicted octanol–water partition coefficient (Wildman–Crippen LogP) is 1.47. The molecule has 0 radical (unpaired) electrons. The number of hydrogen-bond acceptors (Lipinski definition) is 6. The molecule has 1 aliphatic rings. The van der Waals surface area contributed by atoms with E-state index in [1.807, 2.05) is 6.92 Å². The molecule has 2 N–H and O–H groups in total. The molecule has 27 heavy (non-hydrogen) atoms. The number of carbonyl (C=O) groups is 2. The van der Waals surface area contributed by atoms with Gasteiger partial charge in [-0.25, -0.2) is 18.7 Å². The van der Waals surface area contributed by atoms with Crippen LogP contribution in [0.15, 0.2) is 24.3 Å². The van der Waals surface area contributed by atoms with E-state index in [1.54, 1.807) is 24.3 Å². The van der Waals surface area contributed by atoms with Gasteiger partial charge in [-0.1, -0.05) is 18.8 Å². The number of rotatable bonds is 6. The molecule has 0 bridgehead atoms. The average Bonchev–Trinajstić information content (AvgIpc) is 2.99. The largest absolute Gasteiger partial charge is 0.444 e. The van der Waals surface area contributed by atoms with Gasteiger partial charge in [-0.2, -0.15) is 0 Å². The first-order valence-electron chi connectivity index (χ1n) is 8.46. The van der Waals surface area contributed by atoms with Crippen LogP contribution in [0.25, 0.3) is 0 Å². The Bertz CT molecular complexity index is 854. The van der Waals surface area contributed by atoms with Gasteiger partial charge in [0, 0.05) is 30.3 Å². The number of unbranched alkanes of at least 4 members (excludes halogenated alkanes) is 1. The average molecular weight is 394 g/mol. The van der Waals surface area contributed by atoms with E-state index in [0.29, 0.717) is 5.69 Å². The van der Waals surface area contributed by atoms with E-state index in [4.69, 9.17) is 9.94 Å². The summed E-state index contributed by atoms with van der Waals surface area (Å²) in [4.78, 5) is 25.1. The predicted molar refractivity (Wildman–Crippen MR) is 99.0 cm³/mol. The quantitative estimate of drug-likeness (QED) is 0.429. The highest BCUT2D eigenvalue weighted by Crippen LogP contribution is 2.25. The molecule has 2 atom stereocenters. The van der Waals surface area contributed by atoms with Crippen LogP contribution in [0.3, 0.4) is 0 Å². The molecule has 1 unspecified atom stereocenters. The summed E-state index contributed by atoms with van der Waals surface area (Å²) < 4.78 is 28.7. The van der Waals surface area contributed by atoms with Crippen LogP contribution in [0.1, 0.15) is 31.7 Å². The van der Waals surface area contributed by atoms with Crippen molar-refractivity contribution in [3.05, 3.63) is 29.8 Å². The minimum atomic E-state index is -3.78. The molecule has 0 spiro atoms. The third-order valence-corrected chi connectivity index (χ3v) is 5.50. The summed E-state index contributed by atoms with van der Waals surface area (Å²) in [7, 11) is -3.78. The zero-order valence-corrected chi connectivity index (χ0v) is 16.0. The summed E-state index contributed by atoms with van der Waals surface area (Å²) in [6.07, 6.45) is 1.02. The first-order valence-corrected chi connectivity index (χ1v) is 10.4. The molecule has 0 aromatic heterocycles. The van der Waals surface area contributed by atoms with Crippen molar-refractivity contribution in [2.45, 2.75) is 37.5 Å². The lowest BCUT2D eigenvalue weighted by Gasteiger charge is -2.16. The Hall–Kier alpha value is -2.57. The van der Waals surface area contributed by atoms with E-state index >= 15 is 0 Å². The second-order valence-corrected chi connectivity index (χ2v) is 8.47. The van der Waals surface area contributed by atoms with Gasteiger partial charge in [0.05, 0.1) is 6.54 Å². The normalized spacial score (nSPS) is 17.7. The van der Waals surface area contributed by atoms with Crippen molar-refractivity contribution in [2.75, 3.05) is 17.7 Å². The van der Waals surface area contributed by atoms with Gasteiger partial charge < -0.3 is 4.74 Å². The van der Waals surface area contributed by atoms with Crippen LogP contribution in [0, 0.1) is 11.8 Å². The second kappa shape index (κ2) is 8.88. The molecular weight excluding hydrogens is 372 g/mol. The van der Waals surface area contributed by atoms with Crippen molar-refractivity contribution in [2.24, 2.45) is 0 Å². The van der Waals surface area contributed by atoms with E-state index in [0.717, 1.165) is 24.7 Å². The maximum atomic E-state index is 12.1. The first-order chi connectivity index (χ1) is 12.8. The van der Waals surface area contributed by atoms with Gasteiger partial charge in [0.25, 0.3) is 5.91 Å². The number of carbonyl (C=O) groups excluding carboxylic acids is 2. The minimum absolute atomic E-state index is 0.102. The Morgan fingerprint density at radius 1 is 1.41 bits per heavy atom. The lowest BCUT2D eigenvalue weighted by atomic mass is 10.1. The third-order valence-electron chi connectivity index (χ3n) is 4.06. The number of anilines is 1. The third kappa shape index (κ3) is 5.45. The van der Waals surface area contributed by atoms with Crippen LogP contribution in [-0.2, 0) is 19.4 Å². The number of nitrogens with one attached hydrogen (secondary N) is 1. The molecule has 0 aliphatic carbocycles. The number of amides is 2. The Morgan fingerprint density at radius 2 is 2.07 bits per heavy atom. The molecule has 1 heterocycles. The zero-order valence-electron chi connectivity index (χ0n) is 15.1. The molecule has 1 fully saturated rings. The molecular formula is C18H22N2O6S. The molecule has 1 saturated heterocycles. The molecule has 9 heteroatoms. The van der Waals surface area contributed by atoms with Crippen LogP contribution >= 0.6 is 0 Å². The Balaban J connectivity index is 2.09. The molecule has 0 saturated carbocycles. The molecule has 2 rings (SSSR count). The fraction of sp³-hybridized carbons (Fsp3) is 0.444. The van der Waals surface area contributed by atoms with E-state index < -0.39 is 33.2 Å². The lowest BCUT2D eigenvalue weighted by molar-refractivity contribution is -0.129. The van der Waals surface area contributed by atoms with Gasteiger partial charge in [-0.15, -0.1) is 0 Å². The molecule has 146 valence electrons. The van der Waals surface area contributed by atoms with Crippen LogP contribution in [-0.4, -0.2) is 49.8 Å². The van der Waals surface area contributed by atoms with E-state index in [-0.39, 0.29) is 13.0 Å². The minimum Gasteiger partial charge on any atom is -0.444 e. The molecule has 8 nitrogen and oxygen atoms in total. The van der Waals surface area contributed by atoms with Crippen LogP contribution in [0.5, 0.6) is 0 Å². The van der Waals surface area contributed by atoms with Crippen molar-refractivity contribution in [3.8, 4) is 11.8 Å². The first kappa shape index (κ1) is 20.7. The SMILES string of the molecule is CCCC#Cc1ccc(N2C[C@H](CC(C(=O)NO)S(C)(=O)=O)OC2=O)cc1. The molecule has 1 aromatic rings. The molecule has 1 aliphatic heterocycles. The summed E-state index contributed by atoms with van der Waals surface area (Å²) in [5, 5.41) is 7.23. The summed E-state index contributed by atoms with van der Waals surface area (Å²) in [5.74, 6) is 5.01. The maximum absolute atomic E-state index is 12.1. The van der Waals surface area contributed by atoms with Crippen molar-refractivity contribution in [1.29, 1.82) is 0 Å². The summed E-state index contributed by atoms with van der Waals surface area (Å²) in [6.45, 7) is 2.15. The van der Waals surface area contributed by atoms with Gasteiger partial charge >= 0.3 is 6.09 Å². The number of nitrogens with zero attached hydrogens (tertiary/aromatic N) is 1. The van der Waals surface area contributed by atoms with E-state index in [2.05, 4.69) is 11.8 Å². The van der Waals surface area contributed by atoms with E-state index in [1.165, 1.54) is 10.4 Å². The van der Waals surface area contributed by atoms with Crippen LogP contribution in [0.4, 0.5) is 10.5 Å². The summed E-state index contributed by atoms with van der Waals surface area (Å²) in [5.41, 5.74) is 2.76. The second-order valence-electron chi connectivity index (χ2n) is 6.24. The summed E-state index contributed by atoms with van der Waals surface area (Å²) >= 11 is 0. The summed E-state index contributed by atoms with van der Waals surface area (Å²) in [6, 6.07) is 7.04. The number of cyclic esters (lactones) is 1. The van der Waals surface area contributed by atoms with Crippen LogP contribution in [0.2, 0.25) is 0 Å². The molecule has 1 aromatic carbocycles. The highest BCUT2D eigenvalue weighted by molar-refractivity contribution is 7.92. The number of sulfone groups is 1. The topological polar surface area (TPSA) is 113 Å². The zero-order chi connectivity index (χ0) is 20.0. The van der Waals surface area contributed by atoms with Gasteiger partial charge in [-0.3, -0.25) is 14.9 Å².